The maximum Gasteiger partial charge on any atom is 0.261 e. The molecule has 0 unspecified atom stereocenters. The van der Waals surface area contributed by atoms with Crippen molar-refractivity contribution in [2.24, 2.45) is 0 Å². The predicted molar refractivity (Wildman–Crippen MR) is 121 cm³/mol. The molecule has 0 aromatic heterocycles. The first-order valence-electron chi connectivity index (χ1n) is 10.9. The Morgan fingerprint density at radius 1 is 0.906 bits per heavy atom. The highest BCUT2D eigenvalue weighted by Gasteiger charge is 2.35. The molecule has 2 aromatic carbocycles. The van der Waals surface area contributed by atoms with Crippen LogP contribution in [-0.2, 0) is 16.1 Å². The van der Waals surface area contributed by atoms with E-state index in [1.54, 1.807) is 36.1 Å². The molecular formula is C25H29N3O4. The maximum absolute atomic E-state index is 13.1. The number of nitrogens with zero attached hydrogens (tertiary/aromatic N) is 2. The summed E-state index contributed by atoms with van der Waals surface area (Å²) < 4.78 is 0. The highest BCUT2D eigenvalue weighted by molar-refractivity contribution is 6.21. The van der Waals surface area contributed by atoms with Crippen LogP contribution < -0.4 is 5.32 Å². The van der Waals surface area contributed by atoms with Crippen LogP contribution in [0.15, 0.2) is 54.6 Å². The molecule has 1 heterocycles. The van der Waals surface area contributed by atoms with E-state index in [0.29, 0.717) is 24.1 Å². The molecule has 1 N–H and O–H groups in total. The van der Waals surface area contributed by atoms with E-state index >= 15 is 0 Å². The molecule has 7 heteroatoms. The molecule has 32 heavy (non-hydrogen) atoms. The smallest absolute Gasteiger partial charge is 0.261 e. The number of hydrogen-bond acceptors (Lipinski definition) is 4. The Bertz CT molecular complexity index is 968. The molecule has 1 atom stereocenters. The van der Waals surface area contributed by atoms with Crippen LogP contribution in [0.1, 0.15) is 59.9 Å². The number of imide groups is 1. The van der Waals surface area contributed by atoms with Crippen LogP contribution in [0.3, 0.4) is 0 Å². The Labute approximate surface area is 188 Å². The van der Waals surface area contributed by atoms with Gasteiger partial charge in [-0.25, -0.2) is 0 Å². The van der Waals surface area contributed by atoms with Gasteiger partial charge >= 0.3 is 0 Å². The number of carbonyl (C=O) groups excluding carboxylic acids is 4. The van der Waals surface area contributed by atoms with Gasteiger partial charge in [-0.2, -0.15) is 0 Å². The SMILES string of the molecule is CC(C)NC(=O)[C@@H](C)N(Cc1ccccc1)C(=O)CCCN1C(=O)c2ccccc2C1=O. The quantitative estimate of drug-likeness (QED) is 0.614. The Kier molecular flexibility index (Phi) is 7.41. The second-order valence-corrected chi connectivity index (χ2v) is 8.26. The Balaban J connectivity index is 1.65. The Morgan fingerprint density at radius 3 is 2.03 bits per heavy atom. The molecular weight excluding hydrogens is 406 g/mol. The van der Waals surface area contributed by atoms with E-state index in [1.165, 1.54) is 4.90 Å². The average molecular weight is 436 g/mol. The van der Waals surface area contributed by atoms with E-state index < -0.39 is 6.04 Å². The molecule has 0 radical (unpaired) electrons. The number of fused-ring (bicyclic) bond motifs is 1. The summed E-state index contributed by atoms with van der Waals surface area (Å²) in [6.07, 6.45) is 0.452. The highest BCUT2D eigenvalue weighted by Crippen LogP contribution is 2.23. The van der Waals surface area contributed by atoms with Crippen molar-refractivity contribution < 1.29 is 19.2 Å². The first-order valence-corrected chi connectivity index (χ1v) is 10.9. The number of amides is 4. The molecule has 1 aliphatic heterocycles. The van der Waals surface area contributed by atoms with Crippen LogP contribution in [0.5, 0.6) is 0 Å². The zero-order valence-corrected chi connectivity index (χ0v) is 18.7. The molecule has 0 bridgehead atoms. The number of rotatable bonds is 9. The summed E-state index contributed by atoms with van der Waals surface area (Å²) in [6, 6.07) is 15.5. The predicted octanol–water partition coefficient (Wildman–Crippen LogP) is 3.00. The van der Waals surface area contributed by atoms with Crippen molar-refractivity contribution in [3.05, 3.63) is 71.3 Å². The molecule has 0 aliphatic carbocycles. The fourth-order valence-corrected chi connectivity index (χ4v) is 3.74. The summed E-state index contributed by atoms with van der Waals surface area (Å²) in [6.45, 7) is 5.91. The lowest BCUT2D eigenvalue weighted by Crippen LogP contribution is -2.49. The summed E-state index contributed by atoms with van der Waals surface area (Å²) >= 11 is 0. The van der Waals surface area contributed by atoms with Gasteiger partial charge in [-0.1, -0.05) is 42.5 Å². The van der Waals surface area contributed by atoms with Gasteiger partial charge in [0.25, 0.3) is 11.8 Å². The summed E-state index contributed by atoms with van der Waals surface area (Å²) in [4.78, 5) is 53.4. The van der Waals surface area contributed by atoms with Gasteiger partial charge in [-0.15, -0.1) is 0 Å². The van der Waals surface area contributed by atoms with E-state index in [4.69, 9.17) is 0 Å². The van der Waals surface area contributed by atoms with E-state index in [1.807, 2.05) is 44.2 Å². The van der Waals surface area contributed by atoms with Crippen molar-refractivity contribution in [1.29, 1.82) is 0 Å². The molecule has 0 fully saturated rings. The van der Waals surface area contributed by atoms with Crippen LogP contribution in [-0.4, -0.2) is 52.1 Å². The third-order valence-electron chi connectivity index (χ3n) is 5.44. The minimum absolute atomic E-state index is 0.0348. The minimum Gasteiger partial charge on any atom is -0.352 e. The third kappa shape index (κ3) is 5.22. The van der Waals surface area contributed by atoms with Crippen molar-refractivity contribution in [2.45, 2.75) is 52.2 Å². The molecule has 3 rings (SSSR count). The van der Waals surface area contributed by atoms with Gasteiger partial charge in [-0.05, 0) is 44.9 Å². The number of carbonyl (C=O) groups is 4. The molecule has 168 valence electrons. The zero-order valence-electron chi connectivity index (χ0n) is 18.7. The summed E-state index contributed by atoms with van der Waals surface area (Å²) in [5.74, 6) is -1.07. The summed E-state index contributed by atoms with van der Waals surface area (Å²) in [5.41, 5.74) is 1.72. The molecule has 4 amide bonds. The topological polar surface area (TPSA) is 86.8 Å². The molecule has 0 saturated carbocycles. The minimum atomic E-state index is -0.649. The average Bonchev–Trinajstić information content (AvgIpc) is 3.02. The fourth-order valence-electron chi connectivity index (χ4n) is 3.74. The lowest BCUT2D eigenvalue weighted by atomic mass is 10.1. The van der Waals surface area contributed by atoms with Crippen molar-refractivity contribution in [3.63, 3.8) is 0 Å². The van der Waals surface area contributed by atoms with Gasteiger partial charge in [0.2, 0.25) is 11.8 Å². The Hall–Kier alpha value is -3.48. The molecule has 1 aliphatic rings. The standard InChI is InChI=1S/C25H29N3O4/c1-17(2)26-23(30)18(3)28(16-19-10-5-4-6-11-19)22(29)14-9-15-27-24(31)20-12-7-8-13-21(20)25(27)32/h4-8,10-13,17-18H,9,14-16H2,1-3H3,(H,26,30)/t18-/m1/s1. The van der Waals surface area contributed by atoms with E-state index in [-0.39, 0.29) is 42.6 Å². The van der Waals surface area contributed by atoms with Crippen LogP contribution in [0.4, 0.5) is 0 Å². The highest BCUT2D eigenvalue weighted by atomic mass is 16.2. The van der Waals surface area contributed by atoms with Crippen molar-refractivity contribution in [2.75, 3.05) is 6.54 Å². The van der Waals surface area contributed by atoms with Crippen LogP contribution >= 0.6 is 0 Å². The molecule has 0 saturated heterocycles. The normalized spacial score (nSPS) is 13.8. The monoisotopic (exact) mass is 435 g/mol. The van der Waals surface area contributed by atoms with Crippen LogP contribution in [0, 0.1) is 0 Å². The van der Waals surface area contributed by atoms with Gasteiger partial charge in [-0.3, -0.25) is 24.1 Å². The van der Waals surface area contributed by atoms with Crippen LogP contribution in [0.25, 0.3) is 0 Å². The van der Waals surface area contributed by atoms with Crippen molar-refractivity contribution >= 4 is 23.6 Å². The van der Waals surface area contributed by atoms with Gasteiger partial charge in [0.05, 0.1) is 11.1 Å². The first-order chi connectivity index (χ1) is 15.3. The number of benzene rings is 2. The maximum atomic E-state index is 13.1. The van der Waals surface area contributed by atoms with Crippen molar-refractivity contribution in [3.8, 4) is 0 Å². The van der Waals surface area contributed by atoms with Gasteiger partial charge in [0, 0.05) is 25.6 Å². The second kappa shape index (κ2) is 10.2. The summed E-state index contributed by atoms with van der Waals surface area (Å²) in [5, 5.41) is 2.86. The van der Waals surface area contributed by atoms with Gasteiger partial charge in [0.15, 0.2) is 0 Å². The molecule has 7 nitrogen and oxygen atoms in total. The largest absolute Gasteiger partial charge is 0.352 e. The van der Waals surface area contributed by atoms with E-state index in [9.17, 15) is 19.2 Å². The van der Waals surface area contributed by atoms with E-state index in [0.717, 1.165) is 5.56 Å². The van der Waals surface area contributed by atoms with E-state index in [2.05, 4.69) is 5.32 Å². The van der Waals surface area contributed by atoms with Crippen LogP contribution in [0.2, 0.25) is 0 Å². The second-order valence-electron chi connectivity index (χ2n) is 8.26. The van der Waals surface area contributed by atoms with Gasteiger partial charge in [0.1, 0.15) is 6.04 Å². The number of nitrogens with one attached hydrogen (secondary N) is 1. The Morgan fingerprint density at radius 2 is 1.47 bits per heavy atom. The third-order valence-corrected chi connectivity index (χ3v) is 5.44. The number of hydrogen-bond donors (Lipinski definition) is 1. The lowest BCUT2D eigenvalue weighted by molar-refractivity contribution is -0.140. The zero-order chi connectivity index (χ0) is 23.3. The van der Waals surface area contributed by atoms with Gasteiger partial charge < -0.3 is 10.2 Å². The molecule has 0 spiro atoms. The van der Waals surface area contributed by atoms with Crippen molar-refractivity contribution in [1.82, 2.24) is 15.1 Å². The summed E-state index contributed by atoms with van der Waals surface area (Å²) in [7, 11) is 0. The lowest BCUT2D eigenvalue weighted by Gasteiger charge is -2.29. The first kappa shape index (κ1) is 23.2. The molecule has 2 aromatic rings. The fraction of sp³-hybridized carbons (Fsp3) is 0.360.